The van der Waals surface area contributed by atoms with Crippen molar-refractivity contribution in [3.63, 3.8) is 0 Å². The average molecular weight is 371 g/mol. The van der Waals surface area contributed by atoms with Crippen LogP contribution in [0, 0.1) is 0 Å². The minimum Gasteiger partial charge on any atom is -0.466 e. The average Bonchev–Trinajstić information content (AvgIpc) is 2.63. The lowest BCUT2D eigenvalue weighted by atomic mass is 10.1. The zero-order chi connectivity index (χ0) is 19.5. The third-order valence-corrected chi connectivity index (χ3v) is 4.64. The number of rotatable bonds is 18. The number of ether oxygens (including phenoxy) is 2. The maximum Gasteiger partial charge on any atom is 0.306 e. The number of carbonyl (C=O) groups is 2. The van der Waals surface area contributed by atoms with Crippen LogP contribution in [0.2, 0.25) is 0 Å². The fourth-order valence-corrected chi connectivity index (χ4v) is 2.95. The second kappa shape index (κ2) is 18.7. The quantitative estimate of drug-likeness (QED) is 0.208. The summed E-state index contributed by atoms with van der Waals surface area (Å²) in [5, 5.41) is 0. The lowest BCUT2D eigenvalue weighted by molar-refractivity contribution is -0.149. The van der Waals surface area contributed by atoms with Gasteiger partial charge in [0.25, 0.3) is 0 Å². The molecule has 0 saturated carbocycles. The van der Waals surface area contributed by atoms with Crippen molar-refractivity contribution in [3.8, 4) is 0 Å². The van der Waals surface area contributed by atoms with Crippen LogP contribution in [0.1, 0.15) is 117 Å². The van der Waals surface area contributed by atoms with E-state index in [1.807, 2.05) is 0 Å². The molecule has 0 bridgehead atoms. The van der Waals surface area contributed by atoms with Gasteiger partial charge in [-0.2, -0.15) is 0 Å². The smallest absolute Gasteiger partial charge is 0.306 e. The molecule has 154 valence electrons. The Labute approximate surface area is 161 Å². The fraction of sp³-hybridized carbons (Fsp3) is 0.909. The van der Waals surface area contributed by atoms with Crippen LogP contribution < -0.4 is 0 Å². The van der Waals surface area contributed by atoms with Crippen LogP contribution in [0.25, 0.3) is 0 Å². The largest absolute Gasteiger partial charge is 0.466 e. The molecule has 0 heterocycles. The number of esters is 2. The van der Waals surface area contributed by atoms with Gasteiger partial charge in [0, 0.05) is 12.8 Å². The van der Waals surface area contributed by atoms with Crippen molar-refractivity contribution in [2.75, 3.05) is 6.61 Å². The number of hydrogen-bond donors (Lipinski definition) is 0. The highest BCUT2D eigenvalue weighted by molar-refractivity contribution is 5.69. The maximum absolute atomic E-state index is 11.8. The van der Waals surface area contributed by atoms with Gasteiger partial charge in [0.2, 0.25) is 0 Å². The molecule has 26 heavy (non-hydrogen) atoms. The fourth-order valence-electron chi connectivity index (χ4n) is 2.95. The molecule has 0 radical (unpaired) electrons. The lowest BCUT2D eigenvalue weighted by Crippen LogP contribution is -2.16. The third-order valence-electron chi connectivity index (χ3n) is 4.64. The van der Waals surface area contributed by atoms with E-state index in [9.17, 15) is 9.59 Å². The molecule has 0 aromatic heterocycles. The second-order valence-corrected chi connectivity index (χ2v) is 7.21. The van der Waals surface area contributed by atoms with E-state index >= 15 is 0 Å². The molecule has 0 amide bonds. The van der Waals surface area contributed by atoms with Gasteiger partial charge in [0.1, 0.15) is 6.10 Å². The first-order valence-corrected chi connectivity index (χ1v) is 11.0. The molecular formula is C22H42O4. The molecule has 4 nitrogen and oxygen atoms in total. The molecule has 0 saturated heterocycles. The minimum atomic E-state index is -0.0539. The number of carbonyl (C=O) groups excluding carboxylic acids is 2. The molecular weight excluding hydrogens is 328 g/mol. The van der Waals surface area contributed by atoms with Gasteiger partial charge in [0.05, 0.1) is 6.61 Å². The predicted molar refractivity (Wildman–Crippen MR) is 107 cm³/mol. The Balaban J connectivity index is 3.39. The summed E-state index contributed by atoms with van der Waals surface area (Å²) in [5.41, 5.74) is 0. The van der Waals surface area contributed by atoms with Crippen LogP contribution >= 0.6 is 0 Å². The topological polar surface area (TPSA) is 52.6 Å². The van der Waals surface area contributed by atoms with Crippen molar-refractivity contribution >= 4 is 11.9 Å². The molecule has 0 aromatic carbocycles. The molecule has 0 rings (SSSR count). The van der Waals surface area contributed by atoms with E-state index in [-0.39, 0.29) is 18.0 Å². The Bertz CT molecular complexity index is 341. The molecule has 0 aromatic rings. The zero-order valence-electron chi connectivity index (χ0n) is 17.5. The molecule has 0 aliphatic heterocycles. The van der Waals surface area contributed by atoms with Crippen molar-refractivity contribution in [3.05, 3.63) is 0 Å². The highest BCUT2D eigenvalue weighted by atomic mass is 16.5. The Hall–Kier alpha value is -1.06. The summed E-state index contributed by atoms with van der Waals surface area (Å²) in [7, 11) is 0. The van der Waals surface area contributed by atoms with Crippen LogP contribution in [0.3, 0.4) is 0 Å². The van der Waals surface area contributed by atoms with Crippen molar-refractivity contribution in [2.45, 2.75) is 123 Å². The molecule has 0 N–H and O–H groups in total. The van der Waals surface area contributed by atoms with Crippen LogP contribution in [0.15, 0.2) is 0 Å². The van der Waals surface area contributed by atoms with E-state index in [2.05, 4.69) is 20.8 Å². The summed E-state index contributed by atoms with van der Waals surface area (Å²) in [6.07, 6.45) is 14.8. The van der Waals surface area contributed by atoms with E-state index in [0.717, 1.165) is 70.6 Å². The highest BCUT2D eigenvalue weighted by Gasteiger charge is 2.11. The van der Waals surface area contributed by atoms with E-state index in [0.29, 0.717) is 19.4 Å². The Morgan fingerprint density at radius 2 is 1.27 bits per heavy atom. The summed E-state index contributed by atoms with van der Waals surface area (Å²) < 4.78 is 10.7. The van der Waals surface area contributed by atoms with Gasteiger partial charge in [-0.1, -0.05) is 72.1 Å². The molecule has 0 fully saturated rings. The van der Waals surface area contributed by atoms with Crippen molar-refractivity contribution in [1.29, 1.82) is 0 Å². The normalized spacial score (nSPS) is 12.0. The van der Waals surface area contributed by atoms with Gasteiger partial charge in [0.15, 0.2) is 0 Å². The summed E-state index contributed by atoms with van der Waals surface area (Å²) in [6.45, 7) is 6.93. The Morgan fingerprint density at radius 3 is 1.85 bits per heavy atom. The Kier molecular flexibility index (Phi) is 18.0. The molecule has 4 heteroatoms. The lowest BCUT2D eigenvalue weighted by Gasteiger charge is -2.15. The van der Waals surface area contributed by atoms with Crippen molar-refractivity contribution in [2.24, 2.45) is 0 Å². The Morgan fingerprint density at radius 1 is 0.692 bits per heavy atom. The summed E-state index contributed by atoms with van der Waals surface area (Å²) in [5.74, 6) is -0.103. The van der Waals surface area contributed by atoms with Crippen LogP contribution in [-0.2, 0) is 19.1 Å². The molecule has 1 unspecified atom stereocenters. The van der Waals surface area contributed by atoms with Crippen LogP contribution in [0.4, 0.5) is 0 Å². The molecule has 0 aliphatic carbocycles. The van der Waals surface area contributed by atoms with Gasteiger partial charge < -0.3 is 9.47 Å². The first-order valence-electron chi connectivity index (χ1n) is 11.0. The summed E-state index contributed by atoms with van der Waals surface area (Å²) >= 11 is 0. The SMILES string of the molecule is CCCCCCOC(=O)CCCCCCCCC(=O)OC(CC)CCC. The third kappa shape index (κ3) is 16.4. The van der Waals surface area contributed by atoms with Gasteiger partial charge in [-0.05, 0) is 32.1 Å². The summed E-state index contributed by atoms with van der Waals surface area (Å²) in [6, 6.07) is 0. The van der Waals surface area contributed by atoms with E-state index in [1.165, 1.54) is 12.8 Å². The molecule has 1 atom stereocenters. The predicted octanol–water partition coefficient (Wildman–Crippen LogP) is 6.35. The number of hydrogen-bond acceptors (Lipinski definition) is 4. The van der Waals surface area contributed by atoms with Gasteiger partial charge in [-0.15, -0.1) is 0 Å². The highest BCUT2D eigenvalue weighted by Crippen LogP contribution is 2.12. The van der Waals surface area contributed by atoms with Crippen molar-refractivity contribution < 1.29 is 19.1 Å². The van der Waals surface area contributed by atoms with Crippen LogP contribution in [-0.4, -0.2) is 24.6 Å². The maximum atomic E-state index is 11.8. The standard InChI is InChI=1S/C22H42O4/c1-4-7-8-15-19-25-21(23)17-13-11-9-10-12-14-18-22(24)26-20(6-3)16-5-2/h20H,4-19H2,1-3H3. The van der Waals surface area contributed by atoms with E-state index in [4.69, 9.17) is 9.47 Å². The van der Waals surface area contributed by atoms with E-state index < -0.39 is 0 Å². The van der Waals surface area contributed by atoms with Gasteiger partial charge in [-0.3, -0.25) is 9.59 Å². The number of unbranched alkanes of at least 4 members (excludes halogenated alkanes) is 8. The van der Waals surface area contributed by atoms with E-state index in [1.54, 1.807) is 0 Å². The van der Waals surface area contributed by atoms with Crippen LogP contribution in [0.5, 0.6) is 0 Å². The molecule has 0 spiro atoms. The molecule has 0 aliphatic rings. The first-order chi connectivity index (χ1) is 12.6. The monoisotopic (exact) mass is 370 g/mol. The first kappa shape index (κ1) is 24.9. The van der Waals surface area contributed by atoms with Gasteiger partial charge in [-0.25, -0.2) is 0 Å². The summed E-state index contributed by atoms with van der Waals surface area (Å²) in [4.78, 5) is 23.3. The minimum absolute atomic E-state index is 0.0491. The van der Waals surface area contributed by atoms with Gasteiger partial charge >= 0.3 is 11.9 Å². The second-order valence-electron chi connectivity index (χ2n) is 7.21. The van der Waals surface area contributed by atoms with Crippen molar-refractivity contribution in [1.82, 2.24) is 0 Å². The zero-order valence-corrected chi connectivity index (χ0v) is 17.5.